The van der Waals surface area contributed by atoms with Crippen molar-refractivity contribution in [2.45, 2.75) is 10.8 Å². The van der Waals surface area contributed by atoms with Crippen molar-refractivity contribution in [1.29, 1.82) is 0 Å². The highest BCUT2D eigenvalue weighted by atomic mass is 35.5. The quantitative estimate of drug-likeness (QED) is 0.569. The van der Waals surface area contributed by atoms with E-state index >= 15 is 0 Å². The normalized spacial score (nSPS) is 10.6. The van der Waals surface area contributed by atoms with Crippen molar-refractivity contribution in [3.8, 4) is 0 Å². The Morgan fingerprint density at radius 1 is 1.08 bits per heavy atom. The molecule has 1 amide bonds. The Morgan fingerprint density at radius 2 is 1.88 bits per heavy atom. The van der Waals surface area contributed by atoms with Crippen molar-refractivity contribution in [2.75, 3.05) is 5.32 Å². The number of nitrogens with one attached hydrogen (secondary N) is 1. The molecule has 0 fully saturated rings. The number of amides is 1. The van der Waals surface area contributed by atoms with Crippen LogP contribution in [0.3, 0.4) is 0 Å². The van der Waals surface area contributed by atoms with E-state index < -0.39 is 11.7 Å². The number of hydrogen-bond acceptors (Lipinski definition) is 4. The molecular formula is C18H12Cl2FN3OS. The number of hydrogen-bond donors (Lipinski definition) is 1. The van der Waals surface area contributed by atoms with E-state index in [1.54, 1.807) is 30.3 Å². The molecule has 0 atom stereocenters. The zero-order valence-corrected chi connectivity index (χ0v) is 15.6. The van der Waals surface area contributed by atoms with Gasteiger partial charge in [0.15, 0.2) is 5.82 Å². The molecule has 26 heavy (non-hydrogen) atoms. The smallest absolute Gasteiger partial charge is 0.259 e. The van der Waals surface area contributed by atoms with Gasteiger partial charge in [-0.15, -0.1) is 10.2 Å². The lowest BCUT2D eigenvalue weighted by molar-refractivity contribution is 0.102. The summed E-state index contributed by atoms with van der Waals surface area (Å²) in [6, 6.07) is 14.4. The second kappa shape index (κ2) is 8.49. The van der Waals surface area contributed by atoms with Crippen molar-refractivity contribution >= 4 is 46.7 Å². The van der Waals surface area contributed by atoms with Gasteiger partial charge in [-0.2, -0.15) is 0 Å². The largest absolute Gasteiger partial charge is 0.305 e. The number of carbonyl (C=O) groups is 1. The van der Waals surface area contributed by atoms with Crippen molar-refractivity contribution in [1.82, 2.24) is 10.2 Å². The minimum absolute atomic E-state index is 0.0508. The van der Waals surface area contributed by atoms with E-state index in [9.17, 15) is 9.18 Å². The fourth-order valence-corrected chi connectivity index (χ4v) is 3.46. The maximum Gasteiger partial charge on any atom is 0.259 e. The van der Waals surface area contributed by atoms with Crippen molar-refractivity contribution < 1.29 is 9.18 Å². The Kier molecular flexibility index (Phi) is 6.08. The fraction of sp³-hybridized carbons (Fsp3) is 0.0556. The van der Waals surface area contributed by atoms with Gasteiger partial charge in [-0.3, -0.25) is 4.79 Å². The number of nitrogens with zero attached hydrogens (tertiary/aromatic N) is 2. The molecule has 1 N–H and O–H groups in total. The highest BCUT2D eigenvalue weighted by Gasteiger charge is 2.12. The Hall–Kier alpha value is -2.15. The van der Waals surface area contributed by atoms with Crippen LogP contribution in [-0.2, 0) is 5.75 Å². The van der Waals surface area contributed by atoms with Gasteiger partial charge < -0.3 is 5.32 Å². The average molecular weight is 408 g/mol. The Labute approximate surface area is 163 Å². The zero-order chi connectivity index (χ0) is 18.5. The maximum absolute atomic E-state index is 13.6. The number of anilines is 1. The lowest BCUT2D eigenvalue weighted by Gasteiger charge is -2.06. The van der Waals surface area contributed by atoms with Crippen LogP contribution >= 0.6 is 35.0 Å². The maximum atomic E-state index is 13.6. The molecule has 3 rings (SSSR count). The van der Waals surface area contributed by atoms with Gasteiger partial charge in [0.25, 0.3) is 5.91 Å². The van der Waals surface area contributed by atoms with Gasteiger partial charge in [0, 0.05) is 15.8 Å². The summed E-state index contributed by atoms with van der Waals surface area (Å²) in [4.78, 5) is 12.0. The summed E-state index contributed by atoms with van der Waals surface area (Å²) < 4.78 is 13.6. The number of aromatic nitrogens is 2. The highest BCUT2D eigenvalue weighted by Crippen LogP contribution is 2.27. The summed E-state index contributed by atoms with van der Waals surface area (Å²) in [7, 11) is 0. The van der Waals surface area contributed by atoms with E-state index in [2.05, 4.69) is 15.5 Å². The van der Waals surface area contributed by atoms with Crippen LogP contribution in [0.4, 0.5) is 10.2 Å². The molecule has 0 saturated carbocycles. The minimum atomic E-state index is -0.593. The van der Waals surface area contributed by atoms with Crippen LogP contribution in [-0.4, -0.2) is 16.1 Å². The first kappa shape index (κ1) is 18.6. The molecule has 1 aromatic heterocycles. The highest BCUT2D eigenvalue weighted by molar-refractivity contribution is 7.98. The molecule has 132 valence electrons. The molecule has 8 heteroatoms. The third kappa shape index (κ3) is 4.72. The van der Waals surface area contributed by atoms with Crippen LogP contribution in [0.25, 0.3) is 0 Å². The van der Waals surface area contributed by atoms with Gasteiger partial charge in [0.2, 0.25) is 0 Å². The molecule has 1 heterocycles. The molecule has 0 bridgehead atoms. The van der Waals surface area contributed by atoms with Crippen molar-refractivity contribution in [3.05, 3.63) is 81.6 Å². The molecule has 2 aromatic carbocycles. The number of rotatable bonds is 5. The van der Waals surface area contributed by atoms with Crippen LogP contribution in [0.15, 0.2) is 59.6 Å². The van der Waals surface area contributed by atoms with Gasteiger partial charge >= 0.3 is 0 Å². The van der Waals surface area contributed by atoms with Gasteiger partial charge in [-0.25, -0.2) is 4.39 Å². The van der Waals surface area contributed by atoms with Crippen LogP contribution < -0.4 is 5.32 Å². The summed E-state index contributed by atoms with van der Waals surface area (Å²) in [5.74, 6) is -0.325. The summed E-state index contributed by atoms with van der Waals surface area (Å²) in [6.07, 6.45) is 0. The fourth-order valence-electron chi connectivity index (χ4n) is 2.08. The standard InChI is InChI=1S/C18H12Cl2FN3OS/c19-12-6-5-11(14(20)9-12)10-26-17-8-7-16(23-24-17)22-18(25)13-3-1-2-4-15(13)21/h1-9H,10H2,(H,22,23,25). The molecular weight excluding hydrogens is 396 g/mol. The van der Waals surface area contributed by atoms with Gasteiger partial charge in [-0.05, 0) is 42.0 Å². The van der Waals surface area contributed by atoms with Gasteiger partial charge in [-0.1, -0.05) is 53.2 Å². The van der Waals surface area contributed by atoms with Crippen LogP contribution in [0.2, 0.25) is 10.0 Å². The molecule has 0 saturated heterocycles. The second-order valence-corrected chi connectivity index (χ2v) is 7.05. The lowest BCUT2D eigenvalue weighted by Crippen LogP contribution is -2.14. The molecule has 0 aliphatic rings. The van der Waals surface area contributed by atoms with E-state index in [0.29, 0.717) is 20.8 Å². The van der Waals surface area contributed by atoms with Crippen LogP contribution in [0.5, 0.6) is 0 Å². The summed E-state index contributed by atoms with van der Waals surface area (Å²) in [5.41, 5.74) is 0.880. The summed E-state index contributed by atoms with van der Waals surface area (Å²) in [6.45, 7) is 0. The third-order valence-electron chi connectivity index (χ3n) is 3.39. The first-order valence-electron chi connectivity index (χ1n) is 7.49. The molecule has 3 aromatic rings. The molecule has 0 spiro atoms. The molecule has 0 aliphatic carbocycles. The Balaban J connectivity index is 1.61. The molecule has 0 aliphatic heterocycles. The Morgan fingerprint density at radius 3 is 2.58 bits per heavy atom. The van der Waals surface area contributed by atoms with E-state index in [1.807, 2.05) is 6.07 Å². The Bertz CT molecular complexity index is 938. The van der Waals surface area contributed by atoms with E-state index in [4.69, 9.17) is 23.2 Å². The predicted molar refractivity (Wildman–Crippen MR) is 102 cm³/mol. The zero-order valence-electron chi connectivity index (χ0n) is 13.2. The summed E-state index contributed by atoms with van der Waals surface area (Å²) >= 11 is 13.5. The van der Waals surface area contributed by atoms with Crippen molar-refractivity contribution in [2.24, 2.45) is 0 Å². The topological polar surface area (TPSA) is 54.9 Å². The van der Waals surface area contributed by atoms with E-state index in [1.165, 1.54) is 30.0 Å². The van der Waals surface area contributed by atoms with Crippen LogP contribution in [0, 0.1) is 5.82 Å². The molecule has 4 nitrogen and oxygen atoms in total. The molecule has 0 unspecified atom stereocenters. The first-order valence-corrected chi connectivity index (χ1v) is 9.23. The number of thioether (sulfide) groups is 1. The lowest BCUT2D eigenvalue weighted by atomic mass is 10.2. The number of carbonyl (C=O) groups excluding carboxylic acids is 1. The minimum Gasteiger partial charge on any atom is -0.305 e. The van der Waals surface area contributed by atoms with E-state index in [-0.39, 0.29) is 11.4 Å². The van der Waals surface area contributed by atoms with Gasteiger partial charge in [0.1, 0.15) is 10.8 Å². The van der Waals surface area contributed by atoms with Gasteiger partial charge in [0.05, 0.1) is 5.56 Å². The summed E-state index contributed by atoms with van der Waals surface area (Å²) in [5, 5.41) is 12.3. The average Bonchev–Trinajstić information content (AvgIpc) is 2.62. The second-order valence-electron chi connectivity index (χ2n) is 5.22. The predicted octanol–water partition coefficient (Wildman–Crippen LogP) is 5.47. The SMILES string of the molecule is O=C(Nc1ccc(SCc2ccc(Cl)cc2Cl)nn1)c1ccccc1F. The first-order chi connectivity index (χ1) is 12.5. The molecule has 0 radical (unpaired) electrons. The number of halogens is 3. The van der Waals surface area contributed by atoms with Crippen LogP contribution in [0.1, 0.15) is 15.9 Å². The number of benzene rings is 2. The van der Waals surface area contributed by atoms with E-state index in [0.717, 1.165) is 5.56 Å². The third-order valence-corrected chi connectivity index (χ3v) is 4.95. The van der Waals surface area contributed by atoms with Crippen molar-refractivity contribution in [3.63, 3.8) is 0 Å². The monoisotopic (exact) mass is 407 g/mol.